The van der Waals surface area contributed by atoms with Crippen molar-refractivity contribution in [2.45, 2.75) is 0 Å². The monoisotopic (exact) mass is 346 g/mol. The minimum atomic E-state index is -0.755. The Morgan fingerprint density at radius 1 is 1.08 bits per heavy atom. The van der Waals surface area contributed by atoms with Crippen LogP contribution in [0.4, 0.5) is 14.5 Å². The number of halogens is 2. The fourth-order valence-electron chi connectivity index (χ4n) is 1.97. The van der Waals surface area contributed by atoms with Crippen molar-refractivity contribution in [2.75, 3.05) is 19.5 Å². The summed E-state index contributed by atoms with van der Waals surface area (Å²) in [4.78, 5) is 28.5. The zero-order valence-electron chi connectivity index (χ0n) is 13.6. The van der Waals surface area contributed by atoms with Gasteiger partial charge in [0, 0.05) is 29.9 Å². The molecule has 5 nitrogen and oxygen atoms in total. The quantitative estimate of drug-likeness (QED) is 0.668. The van der Waals surface area contributed by atoms with E-state index in [1.165, 1.54) is 44.5 Å². The van der Waals surface area contributed by atoms with Crippen LogP contribution in [0.5, 0.6) is 0 Å². The van der Waals surface area contributed by atoms with Gasteiger partial charge in [-0.1, -0.05) is 6.07 Å². The predicted molar refractivity (Wildman–Crippen MR) is 89.6 cm³/mol. The lowest BCUT2D eigenvalue weighted by molar-refractivity contribution is -0.111. The molecule has 0 atom stereocenters. The van der Waals surface area contributed by atoms with E-state index in [0.29, 0.717) is 11.3 Å². The van der Waals surface area contributed by atoms with Gasteiger partial charge in [-0.3, -0.25) is 14.4 Å². The van der Waals surface area contributed by atoms with Crippen molar-refractivity contribution in [3.8, 4) is 0 Å². The molecule has 0 aliphatic carbocycles. The number of carbonyl (C=O) groups excluding carboxylic acids is 2. The molecule has 2 aromatic carbocycles. The zero-order valence-corrected chi connectivity index (χ0v) is 13.6. The van der Waals surface area contributed by atoms with Crippen molar-refractivity contribution in [1.82, 2.24) is 5.06 Å². The van der Waals surface area contributed by atoms with E-state index in [4.69, 9.17) is 4.84 Å². The Labute approximate surface area is 143 Å². The van der Waals surface area contributed by atoms with Crippen LogP contribution in [0.3, 0.4) is 0 Å². The Bertz CT molecular complexity index is 784. The van der Waals surface area contributed by atoms with Gasteiger partial charge in [-0.15, -0.1) is 0 Å². The first kappa shape index (κ1) is 18.3. The Morgan fingerprint density at radius 3 is 2.24 bits per heavy atom. The summed E-state index contributed by atoms with van der Waals surface area (Å²) in [5.74, 6) is -2.41. The van der Waals surface area contributed by atoms with Gasteiger partial charge in [-0.25, -0.2) is 13.8 Å². The second-order valence-corrected chi connectivity index (χ2v) is 5.02. The van der Waals surface area contributed by atoms with Crippen LogP contribution in [-0.4, -0.2) is 31.0 Å². The second-order valence-electron chi connectivity index (χ2n) is 5.02. The normalized spacial score (nSPS) is 10.7. The molecule has 0 saturated heterocycles. The summed E-state index contributed by atoms with van der Waals surface area (Å²) in [6.45, 7) is 0. The summed E-state index contributed by atoms with van der Waals surface area (Å²) in [6.07, 6.45) is 2.09. The van der Waals surface area contributed by atoms with Gasteiger partial charge in [-0.2, -0.15) is 0 Å². The molecular formula is C18H16F2N2O3. The van der Waals surface area contributed by atoms with Gasteiger partial charge < -0.3 is 5.32 Å². The lowest BCUT2D eigenvalue weighted by Gasteiger charge is -2.13. The van der Waals surface area contributed by atoms with E-state index in [1.807, 2.05) is 0 Å². The van der Waals surface area contributed by atoms with E-state index in [2.05, 4.69) is 5.32 Å². The third kappa shape index (κ3) is 4.71. The number of hydroxylamine groups is 2. The molecule has 7 heteroatoms. The number of carbonyl (C=O) groups is 2. The van der Waals surface area contributed by atoms with E-state index in [1.54, 1.807) is 0 Å². The zero-order chi connectivity index (χ0) is 18.4. The smallest absolute Gasteiger partial charge is 0.277 e. The number of hydrogen-bond acceptors (Lipinski definition) is 3. The van der Waals surface area contributed by atoms with Gasteiger partial charge >= 0.3 is 0 Å². The first-order valence-electron chi connectivity index (χ1n) is 7.27. The third-order valence-corrected chi connectivity index (χ3v) is 3.36. The second kappa shape index (κ2) is 8.16. The van der Waals surface area contributed by atoms with Crippen molar-refractivity contribution < 1.29 is 23.2 Å². The minimum absolute atomic E-state index is 0.291. The largest absolute Gasteiger partial charge is 0.323 e. The summed E-state index contributed by atoms with van der Waals surface area (Å²) >= 11 is 0. The molecule has 1 N–H and O–H groups in total. The van der Waals surface area contributed by atoms with Crippen molar-refractivity contribution in [3.05, 3.63) is 71.3 Å². The summed E-state index contributed by atoms with van der Waals surface area (Å²) in [5.41, 5.74) is 0.521. The van der Waals surface area contributed by atoms with Crippen LogP contribution in [0, 0.1) is 11.6 Å². The average molecular weight is 346 g/mol. The molecule has 2 amide bonds. The lowest BCUT2D eigenvalue weighted by Crippen LogP contribution is -2.25. The maximum absolute atomic E-state index is 13.5. The summed E-state index contributed by atoms with van der Waals surface area (Å²) in [6, 6.07) is 9.56. The standard InChI is InChI=1S/C18H16F2N2O3/c1-22(25-2)18(24)12-6-8-13(9-7-12)21-17(23)11-10-14-15(19)4-3-5-16(14)20/h3-11H,1-2H3,(H,21,23)/b11-10+. The summed E-state index contributed by atoms with van der Waals surface area (Å²) in [7, 11) is 2.85. The Kier molecular flexibility index (Phi) is 5.97. The topological polar surface area (TPSA) is 58.6 Å². The Hall–Kier alpha value is -3.06. The molecule has 2 rings (SSSR count). The number of anilines is 1. The molecular weight excluding hydrogens is 330 g/mol. The number of amides is 2. The van der Waals surface area contributed by atoms with Gasteiger partial charge in [-0.05, 0) is 42.5 Å². The Balaban J connectivity index is 2.03. The summed E-state index contributed by atoms with van der Waals surface area (Å²) in [5, 5.41) is 3.60. The highest BCUT2D eigenvalue weighted by Crippen LogP contribution is 2.15. The molecule has 0 saturated carbocycles. The van der Waals surface area contributed by atoms with Crippen LogP contribution < -0.4 is 5.32 Å². The van der Waals surface area contributed by atoms with Gasteiger partial charge in [0.15, 0.2) is 0 Å². The highest BCUT2D eigenvalue weighted by Gasteiger charge is 2.11. The number of benzene rings is 2. The molecule has 0 fully saturated rings. The molecule has 0 aromatic heterocycles. The molecule has 0 unspecified atom stereocenters. The molecule has 2 aromatic rings. The van der Waals surface area contributed by atoms with Crippen LogP contribution in [0.1, 0.15) is 15.9 Å². The van der Waals surface area contributed by atoms with E-state index >= 15 is 0 Å². The third-order valence-electron chi connectivity index (χ3n) is 3.36. The molecule has 0 radical (unpaired) electrons. The van der Waals surface area contributed by atoms with Gasteiger partial charge in [0.1, 0.15) is 11.6 Å². The Morgan fingerprint density at radius 2 is 1.68 bits per heavy atom. The van der Waals surface area contributed by atoms with Crippen molar-refractivity contribution in [1.29, 1.82) is 0 Å². The molecule has 130 valence electrons. The molecule has 0 spiro atoms. The van der Waals surface area contributed by atoms with Crippen molar-refractivity contribution in [3.63, 3.8) is 0 Å². The lowest BCUT2D eigenvalue weighted by atomic mass is 10.1. The van der Waals surface area contributed by atoms with Gasteiger partial charge in [0.25, 0.3) is 5.91 Å². The SMILES string of the molecule is CON(C)C(=O)c1ccc(NC(=O)/C=C/c2c(F)cccc2F)cc1. The van der Waals surface area contributed by atoms with E-state index < -0.39 is 17.5 Å². The van der Waals surface area contributed by atoms with Gasteiger partial charge in [0.2, 0.25) is 5.91 Å². The van der Waals surface area contributed by atoms with Crippen LogP contribution in [-0.2, 0) is 9.63 Å². The van der Waals surface area contributed by atoms with Crippen LogP contribution in [0.25, 0.3) is 6.08 Å². The summed E-state index contributed by atoms with van der Waals surface area (Å²) < 4.78 is 26.9. The first-order valence-corrected chi connectivity index (χ1v) is 7.27. The average Bonchev–Trinajstić information content (AvgIpc) is 2.60. The fraction of sp³-hybridized carbons (Fsp3) is 0.111. The van der Waals surface area contributed by atoms with Crippen LogP contribution in [0.15, 0.2) is 48.5 Å². The molecule has 0 bridgehead atoms. The highest BCUT2D eigenvalue weighted by atomic mass is 19.1. The first-order chi connectivity index (χ1) is 11.9. The van der Waals surface area contributed by atoms with Crippen LogP contribution in [0.2, 0.25) is 0 Å². The van der Waals surface area contributed by atoms with Crippen LogP contribution >= 0.6 is 0 Å². The number of rotatable bonds is 5. The predicted octanol–water partition coefficient (Wildman–Crippen LogP) is 3.25. The van der Waals surface area contributed by atoms with Gasteiger partial charge in [0.05, 0.1) is 7.11 Å². The molecule has 25 heavy (non-hydrogen) atoms. The van der Waals surface area contributed by atoms with Crippen molar-refractivity contribution >= 4 is 23.6 Å². The molecule has 0 aliphatic heterocycles. The molecule has 0 heterocycles. The van der Waals surface area contributed by atoms with Crippen molar-refractivity contribution in [2.24, 2.45) is 0 Å². The van der Waals surface area contributed by atoms with E-state index in [9.17, 15) is 18.4 Å². The highest BCUT2D eigenvalue weighted by molar-refractivity contribution is 6.02. The number of hydrogen-bond donors (Lipinski definition) is 1. The maximum atomic E-state index is 13.5. The number of nitrogens with zero attached hydrogens (tertiary/aromatic N) is 1. The van der Waals surface area contributed by atoms with E-state index in [0.717, 1.165) is 29.3 Å². The maximum Gasteiger partial charge on any atom is 0.277 e. The molecule has 0 aliphatic rings. The number of nitrogens with one attached hydrogen (secondary N) is 1. The van der Waals surface area contributed by atoms with E-state index in [-0.39, 0.29) is 11.5 Å². The fourth-order valence-corrected chi connectivity index (χ4v) is 1.97. The minimum Gasteiger partial charge on any atom is -0.323 e.